The van der Waals surface area contributed by atoms with Gasteiger partial charge in [-0.15, -0.1) is 0 Å². The summed E-state index contributed by atoms with van der Waals surface area (Å²) in [5.41, 5.74) is 3.00. The molecule has 0 saturated carbocycles. The van der Waals surface area contributed by atoms with Gasteiger partial charge in [-0.1, -0.05) is 37.3 Å². The Morgan fingerprint density at radius 3 is 2.58 bits per heavy atom. The van der Waals surface area contributed by atoms with E-state index in [1.54, 1.807) is 0 Å². The van der Waals surface area contributed by atoms with Crippen molar-refractivity contribution in [3.05, 3.63) is 53.3 Å². The monoisotopic (exact) mass is 330 g/mol. The summed E-state index contributed by atoms with van der Waals surface area (Å²) in [6.45, 7) is 7.21. The molecule has 2 amide bonds. The molecule has 6 nitrogen and oxygen atoms in total. The van der Waals surface area contributed by atoms with Crippen LogP contribution in [0.15, 0.2) is 36.4 Å². The lowest BCUT2D eigenvalue weighted by molar-refractivity contribution is 0.215. The van der Waals surface area contributed by atoms with Crippen molar-refractivity contribution in [3.8, 4) is 0 Å². The molecule has 24 heavy (non-hydrogen) atoms. The average Bonchev–Trinajstić information content (AvgIpc) is 2.88. The number of nitrogens with one attached hydrogen (secondary N) is 2. The molecular formula is C18H26N4O2. The van der Waals surface area contributed by atoms with Crippen molar-refractivity contribution in [2.75, 3.05) is 13.2 Å². The minimum Gasteiger partial charge on any atom is -0.394 e. The molecule has 2 aromatic rings. The first-order valence-corrected chi connectivity index (χ1v) is 8.20. The second kappa shape index (κ2) is 8.49. The highest BCUT2D eigenvalue weighted by molar-refractivity contribution is 5.74. The first-order valence-electron chi connectivity index (χ1n) is 8.20. The van der Waals surface area contributed by atoms with Gasteiger partial charge in [-0.05, 0) is 31.4 Å². The van der Waals surface area contributed by atoms with Crippen LogP contribution in [0.2, 0.25) is 0 Å². The predicted molar refractivity (Wildman–Crippen MR) is 93.7 cm³/mol. The molecule has 0 saturated heterocycles. The Bertz CT molecular complexity index is 654. The van der Waals surface area contributed by atoms with E-state index in [2.05, 4.69) is 22.7 Å². The minimum absolute atomic E-state index is 0.140. The number of urea groups is 1. The number of rotatable bonds is 7. The Labute approximate surface area is 142 Å². The lowest BCUT2D eigenvalue weighted by Gasteiger charge is -2.19. The molecule has 0 fully saturated rings. The summed E-state index contributed by atoms with van der Waals surface area (Å²) in [4.78, 5) is 12.1. The van der Waals surface area contributed by atoms with Crippen LogP contribution in [-0.2, 0) is 6.54 Å². The van der Waals surface area contributed by atoms with Crippen LogP contribution < -0.4 is 10.6 Å². The maximum absolute atomic E-state index is 12.1. The van der Waals surface area contributed by atoms with E-state index in [0.29, 0.717) is 6.54 Å². The van der Waals surface area contributed by atoms with Gasteiger partial charge < -0.3 is 15.7 Å². The summed E-state index contributed by atoms with van der Waals surface area (Å²) in [6.07, 6.45) is 0. The fourth-order valence-electron chi connectivity index (χ4n) is 2.62. The van der Waals surface area contributed by atoms with Crippen LogP contribution >= 0.6 is 0 Å². The summed E-state index contributed by atoms with van der Waals surface area (Å²) in [5.74, 6) is 0.248. The normalized spacial score (nSPS) is 13.3. The summed E-state index contributed by atoms with van der Waals surface area (Å²) >= 11 is 0. The van der Waals surface area contributed by atoms with Crippen LogP contribution in [0.1, 0.15) is 29.9 Å². The number of hydrogen-bond acceptors (Lipinski definition) is 3. The molecule has 0 aliphatic carbocycles. The van der Waals surface area contributed by atoms with E-state index in [1.807, 2.05) is 54.9 Å². The molecule has 0 spiro atoms. The molecule has 2 rings (SSSR count). The Morgan fingerprint density at radius 1 is 1.29 bits per heavy atom. The third-order valence-electron chi connectivity index (χ3n) is 3.89. The van der Waals surface area contributed by atoms with Gasteiger partial charge in [0.25, 0.3) is 0 Å². The van der Waals surface area contributed by atoms with Crippen LogP contribution in [0.25, 0.3) is 0 Å². The zero-order chi connectivity index (χ0) is 17.5. The molecule has 0 aliphatic rings. The minimum atomic E-state index is -0.405. The van der Waals surface area contributed by atoms with E-state index in [1.165, 1.54) is 0 Å². The number of hydrogen-bond donors (Lipinski definition) is 3. The topological polar surface area (TPSA) is 79.2 Å². The maximum Gasteiger partial charge on any atom is 0.315 e. The van der Waals surface area contributed by atoms with E-state index >= 15 is 0 Å². The van der Waals surface area contributed by atoms with Crippen LogP contribution in [0.3, 0.4) is 0 Å². The largest absolute Gasteiger partial charge is 0.394 e. The van der Waals surface area contributed by atoms with Crippen molar-refractivity contribution < 1.29 is 9.90 Å². The molecule has 130 valence electrons. The molecule has 1 heterocycles. The Hall–Kier alpha value is -2.34. The fraction of sp³-hybridized carbons (Fsp3) is 0.444. The maximum atomic E-state index is 12.1. The van der Waals surface area contributed by atoms with E-state index in [0.717, 1.165) is 23.5 Å². The molecule has 0 aliphatic heterocycles. The molecule has 2 unspecified atom stereocenters. The molecule has 2 atom stereocenters. The van der Waals surface area contributed by atoms with Crippen molar-refractivity contribution in [2.45, 2.75) is 33.4 Å². The number of aryl methyl sites for hydroxylation is 2. The predicted octanol–water partition coefficient (Wildman–Crippen LogP) is 2.17. The van der Waals surface area contributed by atoms with Gasteiger partial charge in [-0.25, -0.2) is 4.79 Å². The Morgan fingerprint density at radius 2 is 2.00 bits per heavy atom. The third kappa shape index (κ3) is 5.09. The van der Waals surface area contributed by atoms with E-state index in [4.69, 9.17) is 0 Å². The van der Waals surface area contributed by atoms with Crippen LogP contribution in [-0.4, -0.2) is 34.1 Å². The molecule has 3 N–H and O–H groups in total. The number of benzene rings is 1. The number of amides is 2. The Balaban J connectivity index is 1.80. The number of aromatic nitrogens is 2. The molecule has 0 bridgehead atoms. The SMILES string of the molecule is Cc1cc(C)n(CC(C)CNC(=O)NC(CO)c2ccccc2)n1. The second-order valence-electron chi connectivity index (χ2n) is 6.21. The molecule has 1 aromatic carbocycles. The van der Waals surface area contributed by atoms with Crippen molar-refractivity contribution >= 4 is 6.03 Å². The zero-order valence-corrected chi connectivity index (χ0v) is 14.5. The van der Waals surface area contributed by atoms with Gasteiger partial charge in [-0.3, -0.25) is 4.68 Å². The second-order valence-corrected chi connectivity index (χ2v) is 6.21. The number of aliphatic hydroxyl groups excluding tert-OH is 1. The van der Waals surface area contributed by atoms with Crippen molar-refractivity contribution in [1.82, 2.24) is 20.4 Å². The summed E-state index contributed by atoms with van der Waals surface area (Å²) < 4.78 is 1.96. The Kier molecular flexibility index (Phi) is 6.37. The summed E-state index contributed by atoms with van der Waals surface area (Å²) in [5, 5.41) is 19.6. The smallest absolute Gasteiger partial charge is 0.315 e. The lowest BCUT2D eigenvalue weighted by atomic mass is 10.1. The van der Waals surface area contributed by atoms with E-state index < -0.39 is 6.04 Å². The standard InChI is InChI=1S/C18H26N4O2/c1-13(11-22-15(3)9-14(2)21-22)10-19-18(24)20-17(12-23)16-7-5-4-6-8-16/h4-9,13,17,23H,10-12H2,1-3H3,(H2,19,20,24). The van der Waals surface area contributed by atoms with Gasteiger partial charge in [0.05, 0.1) is 18.3 Å². The molecular weight excluding hydrogens is 304 g/mol. The van der Waals surface area contributed by atoms with E-state index in [-0.39, 0.29) is 18.6 Å². The van der Waals surface area contributed by atoms with Crippen molar-refractivity contribution in [1.29, 1.82) is 0 Å². The van der Waals surface area contributed by atoms with Gasteiger partial charge in [0.1, 0.15) is 0 Å². The van der Waals surface area contributed by atoms with Gasteiger partial charge in [0, 0.05) is 18.8 Å². The van der Waals surface area contributed by atoms with Gasteiger partial charge in [0.15, 0.2) is 0 Å². The van der Waals surface area contributed by atoms with Gasteiger partial charge >= 0.3 is 6.03 Å². The van der Waals surface area contributed by atoms with Crippen LogP contribution in [0, 0.1) is 19.8 Å². The summed E-state index contributed by atoms with van der Waals surface area (Å²) in [7, 11) is 0. The number of aliphatic hydroxyl groups is 1. The quantitative estimate of drug-likeness (QED) is 0.728. The zero-order valence-electron chi connectivity index (χ0n) is 14.5. The van der Waals surface area contributed by atoms with Crippen molar-refractivity contribution in [2.24, 2.45) is 5.92 Å². The number of carbonyl (C=O) groups is 1. The number of carbonyl (C=O) groups excluding carboxylic acids is 1. The first kappa shape index (κ1) is 18.0. The number of nitrogens with zero attached hydrogens (tertiary/aromatic N) is 2. The first-order chi connectivity index (χ1) is 11.5. The average molecular weight is 330 g/mol. The highest BCUT2D eigenvalue weighted by Gasteiger charge is 2.14. The molecule has 0 radical (unpaired) electrons. The lowest BCUT2D eigenvalue weighted by Crippen LogP contribution is -2.41. The molecule has 1 aromatic heterocycles. The highest BCUT2D eigenvalue weighted by atomic mass is 16.3. The molecule has 6 heteroatoms. The van der Waals surface area contributed by atoms with Crippen LogP contribution in [0.5, 0.6) is 0 Å². The van der Waals surface area contributed by atoms with E-state index in [9.17, 15) is 9.90 Å². The van der Waals surface area contributed by atoms with Crippen LogP contribution in [0.4, 0.5) is 4.79 Å². The highest BCUT2D eigenvalue weighted by Crippen LogP contribution is 2.11. The van der Waals surface area contributed by atoms with Gasteiger partial charge in [0.2, 0.25) is 0 Å². The van der Waals surface area contributed by atoms with Crippen molar-refractivity contribution in [3.63, 3.8) is 0 Å². The van der Waals surface area contributed by atoms with Gasteiger partial charge in [-0.2, -0.15) is 5.10 Å². The third-order valence-corrected chi connectivity index (χ3v) is 3.89. The summed E-state index contributed by atoms with van der Waals surface area (Å²) in [6, 6.07) is 10.8. The fourth-order valence-corrected chi connectivity index (χ4v) is 2.62.